The molecule has 8 aromatic rings. The number of hydrogen-bond donors (Lipinski definition) is 0. The van der Waals surface area contributed by atoms with Crippen molar-refractivity contribution in [3.05, 3.63) is 157 Å². The van der Waals surface area contributed by atoms with Crippen LogP contribution < -0.4 is 4.90 Å². The fourth-order valence-electron chi connectivity index (χ4n) is 6.93. The second-order valence-corrected chi connectivity index (χ2v) is 11.4. The lowest BCUT2D eigenvalue weighted by atomic mass is 9.99. The summed E-state index contributed by atoms with van der Waals surface area (Å²) in [5, 5.41) is 4.80. The number of benzene rings is 5. The first-order chi connectivity index (χ1) is 21.8. The van der Waals surface area contributed by atoms with Crippen LogP contribution in [0.15, 0.2) is 146 Å². The van der Waals surface area contributed by atoms with Gasteiger partial charge in [-0.2, -0.15) is 0 Å². The van der Waals surface area contributed by atoms with Crippen molar-refractivity contribution < 1.29 is 0 Å². The molecule has 0 amide bonds. The van der Waals surface area contributed by atoms with E-state index in [2.05, 4.69) is 137 Å². The molecule has 0 saturated carbocycles. The van der Waals surface area contributed by atoms with Crippen LogP contribution in [0.25, 0.3) is 49.7 Å². The van der Waals surface area contributed by atoms with Crippen LogP contribution in [0.3, 0.4) is 0 Å². The van der Waals surface area contributed by atoms with Gasteiger partial charge in [0.25, 0.3) is 0 Å². The summed E-state index contributed by atoms with van der Waals surface area (Å²) in [5.41, 5.74) is 10.6. The predicted molar refractivity (Wildman–Crippen MR) is 181 cm³/mol. The van der Waals surface area contributed by atoms with Crippen molar-refractivity contribution in [3.8, 4) is 17.1 Å². The van der Waals surface area contributed by atoms with Crippen LogP contribution in [-0.2, 0) is 12.8 Å². The van der Waals surface area contributed by atoms with Crippen LogP contribution in [0.1, 0.15) is 11.1 Å². The first-order valence-corrected chi connectivity index (χ1v) is 15.1. The molecule has 0 aliphatic carbocycles. The Labute approximate surface area is 255 Å². The molecule has 0 spiro atoms. The molecule has 0 radical (unpaired) electrons. The molecule has 0 unspecified atom stereocenters. The van der Waals surface area contributed by atoms with Crippen molar-refractivity contribution >= 4 is 49.6 Å². The highest BCUT2D eigenvalue weighted by Crippen LogP contribution is 2.45. The highest BCUT2D eigenvalue weighted by Gasteiger charge is 2.24. The average Bonchev–Trinajstić information content (AvgIpc) is 3.32. The molecule has 4 nitrogen and oxygen atoms in total. The van der Waals surface area contributed by atoms with E-state index in [4.69, 9.17) is 9.97 Å². The second kappa shape index (κ2) is 9.92. The zero-order chi connectivity index (χ0) is 29.0. The Morgan fingerprint density at radius 1 is 0.500 bits per heavy atom. The number of aromatic nitrogens is 3. The molecule has 0 saturated heterocycles. The summed E-state index contributed by atoms with van der Waals surface area (Å²) in [4.78, 5) is 12.1. The molecule has 3 aromatic heterocycles. The molecule has 1 aliphatic rings. The Bertz CT molecular complexity index is 2350. The summed E-state index contributed by atoms with van der Waals surface area (Å²) in [6, 6.07) is 47.9. The SMILES string of the molecule is c1ccc(-n2c3ccccc3c3ccc(N4c5ccccc5CCc5ccc(-c6nccc7ccccc67)cc54)cc32)nc1. The number of rotatable bonds is 3. The van der Waals surface area contributed by atoms with Crippen molar-refractivity contribution in [1.29, 1.82) is 0 Å². The van der Waals surface area contributed by atoms with Gasteiger partial charge < -0.3 is 4.90 Å². The van der Waals surface area contributed by atoms with E-state index in [-0.39, 0.29) is 0 Å². The van der Waals surface area contributed by atoms with Gasteiger partial charge in [0.05, 0.1) is 22.4 Å². The lowest BCUT2D eigenvalue weighted by Gasteiger charge is -2.28. The Balaban J connectivity index is 1.31. The van der Waals surface area contributed by atoms with Gasteiger partial charge in [0, 0.05) is 45.5 Å². The lowest BCUT2D eigenvalue weighted by Crippen LogP contribution is -2.12. The fourth-order valence-corrected chi connectivity index (χ4v) is 6.93. The van der Waals surface area contributed by atoms with E-state index in [0.29, 0.717) is 0 Å². The van der Waals surface area contributed by atoms with Gasteiger partial charge in [0.1, 0.15) is 5.82 Å². The summed E-state index contributed by atoms with van der Waals surface area (Å²) in [6.45, 7) is 0. The molecule has 0 atom stereocenters. The van der Waals surface area contributed by atoms with Crippen LogP contribution in [0, 0.1) is 0 Å². The van der Waals surface area contributed by atoms with Crippen LogP contribution >= 0.6 is 0 Å². The molecular weight excluding hydrogens is 536 g/mol. The van der Waals surface area contributed by atoms with Crippen molar-refractivity contribution in [2.75, 3.05) is 4.90 Å². The highest BCUT2D eigenvalue weighted by molar-refractivity contribution is 6.10. The number of hydrogen-bond acceptors (Lipinski definition) is 3. The van der Waals surface area contributed by atoms with Gasteiger partial charge >= 0.3 is 0 Å². The van der Waals surface area contributed by atoms with Gasteiger partial charge in [-0.05, 0) is 77.9 Å². The smallest absolute Gasteiger partial charge is 0.137 e. The maximum Gasteiger partial charge on any atom is 0.137 e. The van der Waals surface area contributed by atoms with E-state index in [1.54, 1.807) is 0 Å². The Hall–Kier alpha value is -5.74. The Morgan fingerprint density at radius 3 is 2.18 bits per heavy atom. The van der Waals surface area contributed by atoms with Gasteiger partial charge in [0.2, 0.25) is 0 Å². The quantitative estimate of drug-likeness (QED) is 0.214. The van der Waals surface area contributed by atoms with Crippen LogP contribution in [0.5, 0.6) is 0 Å². The summed E-state index contributed by atoms with van der Waals surface area (Å²) in [5.74, 6) is 0.914. The highest BCUT2D eigenvalue weighted by atomic mass is 15.2. The van der Waals surface area contributed by atoms with E-state index in [9.17, 15) is 0 Å². The minimum atomic E-state index is 0.914. The molecule has 0 bridgehead atoms. The molecule has 4 heterocycles. The molecule has 0 N–H and O–H groups in total. The lowest BCUT2D eigenvalue weighted by molar-refractivity contribution is 0.978. The average molecular weight is 565 g/mol. The van der Waals surface area contributed by atoms with Crippen molar-refractivity contribution in [2.24, 2.45) is 0 Å². The molecule has 5 aromatic carbocycles. The van der Waals surface area contributed by atoms with Gasteiger partial charge in [0.15, 0.2) is 0 Å². The first-order valence-electron chi connectivity index (χ1n) is 15.1. The van der Waals surface area contributed by atoms with Crippen molar-refractivity contribution in [1.82, 2.24) is 14.5 Å². The molecule has 0 fully saturated rings. The molecule has 4 heteroatoms. The predicted octanol–water partition coefficient (Wildman–Crippen LogP) is 9.96. The maximum atomic E-state index is 4.87. The number of fused-ring (bicyclic) bond motifs is 6. The van der Waals surface area contributed by atoms with E-state index in [0.717, 1.165) is 52.0 Å². The van der Waals surface area contributed by atoms with Gasteiger partial charge in [-0.25, -0.2) is 4.98 Å². The van der Waals surface area contributed by atoms with Gasteiger partial charge in [-0.3, -0.25) is 9.55 Å². The summed E-state index contributed by atoms with van der Waals surface area (Å²) in [7, 11) is 0. The van der Waals surface area contributed by atoms with Crippen LogP contribution in [0.2, 0.25) is 0 Å². The first kappa shape index (κ1) is 24.8. The molecule has 1 aliphatic heterocycles. The Morgan fingerprint density at radius 2 is 1.27 bits per heavy atom. The van der Waals surface area contributed by atoms with E-state index >= 15 is 0 Å². The third-order valence-corrected chi connectivity index (χ3v) is 8.96. The zero-order valence-electron chi connectivity index (χ0n) is 24.1. The summed E-state index contributed by atoms with van der Waals surface area (Å²) >= 11 is 0. The minimum absolute atomic E-state index is 0.914. The number of pyridine rings is 2. The molecule has 208 valence electrons. The zero-order valence-corrected chi connectivity index (χ0v) is 24.1. The molecular formula is C40H28N4. The Kier molecular flexibility index (Phi) is 5.60. The van der Waals surface area contributed by atoms with E-state index in [1.807, 2.05) is 18.5 Å². The van der Waals surface area contributed by atoms with Crippen LogP contribution in [0.4, 0.5) is 17.1 Å². The fraction of sp³-hybridized carbons (Fsp3) is 0.0500. The number of para-hydroxylation sites is 2. The maximum absolute atomic E-state index is 4.87. The van der Waals surface area contributed by atoms with Crippen LogP contribution in [-0.4, -0.2) is 14.5 Å². The number of aryl methyl sites for hydroxylation is 2. The molecule has 9 rings (SSSR count). The summed E-state index contributed by atoms with van der Waals surface area (Å²) in [6.07, 6.45) is 5.75. The monoisotopic (exact) mass is 564 g/mol. The van der Waals surface area contributed by atoms with E-state index in [1.165, 1.54) is 38.7 Å². The number of anilines is 3. The van der Waals surface area contributed by atoms with Crippen molar-refractivity contribution in [3.63, 3.8) is 0 Å². The normalized spacial score (nSPS) is 12.8. The second-order valence-electron chi connectivity index (χ2n) is 11.4. The van der Waals surface area contributed by atoms with Gasteiger partial charge in [-0.1, -0.05) is 84.9 Å². The van der Waals surface area contributed by atoms with E-state index < -0.39 is 0 Å². The number of nitrogens with zero attached hydrogens (tertiary/aromatic N) is 4. The summed E-state index contributed by atoms with van der Waals surface area (Å²) < 4.78 is 2.29. The minimum Gasteiger partial charge on any atom is -0.310 e. The third-order valence-electron chi connectivity index (χ3n) is 8.96. The van der Waals surface area contributed by atoms with Gasteiger partial charge in [-0.15, -0.1) is 0 Å². The molecule has 44 heavy (non-hydrogen) atoms. The largest absolute Gasteiger partial charge is 0.310 e. The van der Waals surface area contributed by atoms with Crippen molar-refractivity contribution in [2.45, 2.75) is 12.8 Å². The standard InChI is InChI=1S/C40H28N4/c1-3-11-32-27(9-1)22-24-42-40(32)30-19-18-29-17-16-28-10-2-5-13-35(28)43(37(29)25-30)31-20-21-34-33-12-4-6-14-36(33)44(38(34)26-31)39-15-7-8-23-41-39/h1-15,18-26H,16-17H2. The third kappa shape index (κ3) is 3.85. The topological polar surface area (TPSA) is 34.0 Å².